The van der Waals surface area contributed by atoms with Crippen molar-refractivity contribution in [1.29, 1.82) is 0 Å². The first-order valence-corrected chi connectivity index (χ1v) is 9.11. The lowest BCUT2D eigenvalue weighted by molar-refractivity contribution is 0.0908. The third-order valence-corrected chi connectivity index (χ3v) is 5.47. The number of rotatable bonds is 6. The lowest BCUT2D eigenvalue weighted by Crippen LogP contribution is -2.42. The molecule has 0 aliphatic heterocycles. The van der Waals surface area contributed by atoms with Crippen molar-refractivity contribution in [3.05, 3.63) is 22.7 Å². The summed E-state index contributed by atoms with van der Waals surface area (Å²) in [5, 5.41) is 10.3. The van der Waals surface area contributed by atoms with Crippen molar-refractivity contribution in [2.75, 3.05) is 24.3 Å². The molecule has 0 aliphatic rings. The minimum absolute atomic E-state index is 0.0388. The highest BCUT2D eigenvalue weighted by atomic mass is 35.5. The number of halogens is 1. The minimum Gasteiger partial charge on any atom is -0.397 e. The average molecular weight is 339 g/mol. The van der Waals surface area contributed by atoms with Gasteiger partial charge in [0.25, 0.3) is 0 Å². The predicted octanol–water partition coefficient (Wildman–Crippen LogP) is 1.62. The van der Waals surface area contributed by atoms with Gasteiger partial charge < -0.3 is 10.8 Å². The number of hydrogen-bond donors (Lipinski definition) is 3. The molecule has 0 saturated heterocycles. The first-order valence-electron chi connectivity index (χ1n) is 5.86. The normalized spacial score (nSPS) is 15.1. The molecule has 0 fully saturated rings. The van der Waals surface area contributed by atoms with Crippen molar-refractivity contribution in [2.45, 2.75) is 24.3 Å². The molecule has 5 nitrogen and oxygen atoms in total. The summed E-state index contributed by atoms with van der Waals surface area (Å²) in [7, 11) is -3.73. The molecule has 4 N–H and O–H groups in total. The lowest BCUT2D eigenvalue weighted by Gasteiger charge is -2.22. The highest BCUT2D eigenvalue weighted by Crippen LogP contribution is 2.26. The molecule has 0 heterocycles. The van der Waals surface area contributed by atoms with Crippen molar-refractivity contribution in [1.82, 2.24) is 4.72 Å². The maximum atomic E-state index is 12.2. The summed E-state index contributed by atoms with van der Waals surface area (Å²) < 4.78 is 26.7. The monoisotopic (exact) mass is 338 g/mol. The number of sulfonamides is 1. The third-order valence-electron chi connectivity index (χ3n) is 2.66. The zero-order valence-electron chi connectivity index (χ0n) is 11.6. The Morgan fingerprint density at radius 1 is 1.50 bits per heavy atom. The van der Waals surface area contributed by atoms with E-state index >= 15 is 0 Å². The number of aliphatic hydroxyl groups is 1. The topological polar surface area (TPSA) is 92.4 Å². The zero-order chi connectivity index (χ0) is 15.6. The second-order valence-electron chi connectivity index (χ2n) is 4.90. The van der Waals surface area contributed by atoms with Crippen LogP contribution in [0, 0.1) is 6.92 Å². The van der Waals surface area contributed by atoms with E-state index < -0.39 is 15.6 Å². The van der Waals surface area contributed by atoms with E-state index in [-0.39, 0.29) is 17.1 Å². The summed E-state index contributed by atoms with van der Waals surface area (Å²) in [5.74, 6) is 0.428. The van der Waals surface area contributed by atoms with Gasteiger partial charge in [0.05, 0.1) is 21.2 Å². The summed E-state index contributed by atoms with van der Waals surface area (Å²) in [6, 6.07) is 2.76. The SMILES string of the molecule is CSCC(C)(O)CNS(=O)(=O)c1cc(C)c(Cl)c(N)c1. The Labute approximate surface area is 128 Å². The van der Waals surface area contributed by atoms with Crippen LogP contribution in [0.1, 0.15) is 12.5 Å². The molecule has 0 aromatic heterocycles. The van der Waals surface area contributed by atoms with Crippen molar-refractivity contribution in [3.63, 3.8) is 0 Å². The summed E-state index contributed by atoms with van der Waals surface area (Å²) >= 11 is 7.35. The Kier molecular flexibility index (Phi) is 5.74. The molecule has 0 saturated carbocycles. The van der Waals surface area contributed by atoms with Crippen LogP contribution in [0.2, 0.25) is 5.02 Å². The van der Waals surface area contributed by atoms with Crippen molar-refractivity contribution >= 4 is 39.1 Å². The predicted molar refractivity (Wildman–Crippen MR) is 84.8 cm³/mol. The standard InChI is InChI=1S/C12H19ClN2O3S2/c1-8-4-9(5-10(14)11(8)13)20(17,18)15-6-12(2,16)7-19-3/h4-5,15-16H,6-7,14H2,1-3H3. The first-order chi connectivity index (χ1) is 9.09. The summed E-state index contributed by atoms with van der Waals surface area (Å²) in [6.07, 6.45) is 1.84. The Bertz CT molecular complexity index is 565. The molecule has 8 heteroatoms. The average Bonchev–Trinajstić information content (AvgIpc) is 2.33. The van der Waals surface area contributed by atoms with Crippen LogP contribution < -0.4 is 10.5 Å². The van der Waals surface area contributed by atoms with Gasteiger partial charge in [0.15, 0.2) is 0 Å². The molecule has 1 atom stereocenters. The summed E-state index contributed by atoms with van der Waals surface area (Å²) in [6.45, 7) is 3.19. The van der Waals surface area contributed by atoms with Crippen LogP contribution in [0.25, 0.3) is 0 Å². The zero-order valence-corrected chi connectivity index (χ0v) is 14.0. The van der Waals surface area contributed by atoms with Gasteiger partial charge in [-0.05, 0) is 37.8 Å². The number of nitrogen functional groups attached to an aromatic ring is 1. The van der Waals surface area contributed by atoms with Crippen LogP contribution in [0.4, 0.5) is 5.69 Å². The quantitative estimate of drug-likeness (QED) is 0.685. The number of benzene rings is 1. The fraction of sp³-hybridized carbons (Fsp3) is 0.500. The Morgan fingerprint density at radius 3 is 2.60 bits per heavy atom. The molecule has 0 radical (unpaired) electrons. The molecular weight excluding hydrogens is 320 g/mol. The van der Waals surface area contributed by atoms with Gasteiger partial charge in [-0.1, -0.05) is 11.6 Å². The molecular formula is C12H19ClN2O3S2. The fourth-order valence-corrected chi connectivity index (χ4v) is 3.73. The molecule has 0 spiro atoms. The van der Waals surface area contributed by atoms with Gasteiger partial charge in [0, 0.05) is 12.3 Å². The van der Waals surface area contributed by atoms with Gasteiger partial charge in [0.2, 0.25) is 10.0 Å². The van der Waals surface area contributed by atoms with Crippen LogP contribution >= 0.6 is 23.4 Å². The maximum Gasteiger partial charge on any atom is 0.240 e. The van der Waals surface area contributed by atoms with E-state index in [1.807, 2.05) is 6.26 Å². The van der Waals surface area contributed by atoms with E-state index in [0.717, 1.165) is 0 Å². The Balaban J connectivity index is 2.95. The van der Waals surface area contributed by atoms with Gasteiger partial charge in [-0.2, -0.15) is 11.8 Å². The van der Waals surface area contributed by atoms with Gasteiger partial charge in [-0.25, -0.2) is 13.1 Å². The van der Waals surface area contributed by atoms with Crippen molar-refractivity contribution in [3.8, 4) is 0 Å². The third kappa shape index (κ3) is 4.53. The van der Waals surface area contributed by atoms with Crippen LogP contribution in [0.15, 0.2) is 17.0 Å². The number of nitrogens with two attached hydrogens (primary N) is 1. The van der Waals surface area contributed by atoms with Crippen LogP contribution in [-0.4, -0.2) is 37.7 Å². The van der Waals surface area contributed by atoms with Gasteiger partial charge >= 0.3 is 0 Å². The van der Waals surface area contributed by atoms with E-state index in [1.54, 1.807) is 13.8 Å². The largest absolute Gasteiger partial charge is 0.397 e. The first kappa shape index (κ1) is 17.6. The molecule has 1 aromatic carbocycles. The van der Waals surface area contributed by atoms with E-state index in [2.05, 4.69) is 4.72 Å². The molecule has 0 aliphatic carbocycles. The van der Waals surface area contributed by atoms with E-state index in [1.165, 1.54) is 23.9 Å². The van der Waals surface area contributed by atoms with Gasteiger partial charge in [-0.15, -0.1) is 0 Å². The van der Waals surface area contributed by atoms with Crippen molar-refractivity contribution in [2.24, 2.45) is 0 Å². The van der Waals surface area contributed by atoms with Gasteiger partial charge in [0.1, 0.15) is 0 Å². The highest BCUT2D eigenvalue weighted by molar-refractivity contribution is 7.98. The number of aryl methyl sites for hydroxylation is 1. The molecule has 1 unspecified atom stereocenters. The van der Waals surface area contributed by atoms with Crippen LogP contribution in [0.3, 0.4) is 0 Å². The molecule has 0 bridgehead atoms. The Morgan fingerprint density at radius 2 is 2.10 bits per heavy atom. The smallest absolute Gasteiger partial charge is 0.240 e. The summed E-state index contributed by atoms with van der Waals surface area (Å²) in [4.78, 5) is 0.0388. The Hall–Kier alpha value is -0.470. The van der Waals surface area contributed by atoms with Gasteiger partial charge in [-0.3, -0.25) is 0 Å². The van der Waals surface area contributed by atoms with E-state index in [0.29, 0.717) is 16.3 Å². The minimum atomic E-state index is -3.73. The lowest BCUT2D eigenvalue weighted by atomic mass is 10.1. The van der Waals surface area contributed by atoms with Crippen LogP contribution in [0.5, 0.6) is 0 Å². The summed E-state index contributed by atoms with van der Waals surface area (Å²) in [5.41, 5.74) is 5.36. The number of thioether (sulfide) groups is 1. The molecule has 114 valence electrons. The fourth-order valence-electron chi connectivity index (χ4n) is 1.61. The van der Waals surface area contributed by atoms with Crippen molar-refractivity contribution < 1.29 is 13.5 Å². The second-order valence-corrected chi connectivity index (χ2v) is 7.91. The highest BCUT2D eigenvalue weighted by Gasteiger charge is 2.24. The molecule has 1 aromatic rings. The molecule has 1 rings (SSSR count). The van der Waals surface area contributed by atoms with E-state index in [9.17, 15) is 13.5 Å². The van der Waals surface area contributed by atoms with Crippen LogP contribution in [-0.2, 0) is 10.0 Å². The number of hydrogen-bond acceptors (Lipinski definition) is 5. The second kappa shape index (κ2) is 6.53. The number of anilines is 1. The molecule has 20 heavy (non-hydrogen) atoms. The van der Waals surface area contributed by atoms with E-state index in [4.69, 9.17) is 17.3 Å². The number of nitrogens with one attached hydrogen (secondary N) is 1. The molecule has 0 amide bonds. The maximum absolute atomic E-state index is 12.2.